The second kappa shape index (κ2) is 14.6. The number of para-hydroxylation sites is 3. The van der Waals surface area contributed by atoms with Crippen molar-refractivity contribution >= 4 is 104 Å². The molecule has 0 fully saturated rings. The summed E-state index contributed by atoms with van der Waals surface area (Å²) in [5, 5.41) is 11.5. The number of benzene rings is 9. The van der Waals surface area contributed by atoms with E-state index in [1.165, 1.54) is 79.2 Å². The molecule has 13 aromatic rings. The molecule has 0 amide bonds. The van der Waals surface area contributed by atoms with Crippen molar-refractivity contribution in [3.63, 3.8) is 0 Å². The molecule has 0 saturated heterocycles. The molecule has 3 nitrogen and oxygen atoms in total. The van der Waals surface area contributed by atoms with Gasteiger partial charge >= 0.3 is 0 Å². The number of aromatic nitrogens is 3. The van der Waals surface area contributed by atoms with Crippen molar-refractivity contribution in [2.45, 2.75) is 0 Å². The quantitative estimate of drug-likeness (QED) is 0.116. The molecule has 5 heteroatoms. The van der Waals surface area contributed by atoms with E-state index in [9.17, 15) is 0 Å². The zero-order chi connectivity index (χ0) is 42.2. The zero-order valence-corrected chi connectivity index (χ0v) is 36.6. The summed E-state index contributed by atoms with van der Waals surface area (Å²) >= 11 is 1.85. The van der Waals surface area contributed by atoms with Gasteiger partial charge in [0.2, 0.25) is 0 Å². The lowest BCUT2D eigenvalue weighted by Crippen LogP contribution is -2.75. The van der Waals surface area contributed by atoms with Gasteiger partial charge in [0.15, 0.2) is 8.07 Å². The van der Waals surface area contributed by atoms with Crippen molar-refractivity contribution in [3.05, 3.63) is 237 Å². The highest BCUT2D eigenvalue weighted by Crippen LogP contribution is 2.42. The maximum Gasteiger partial charge on any atom is 0.180 e. The number of thiophene rings is 1. The molecule has 13 rings (SSSR count). The van der Waals surface area contributed by atoms with Crippen LogP contribution in [0.4, 0.5) is 0 Å². The van der Waals surface area contributed by atoms with E-state index in [1.807, 2.05) is 11.3 Å². The van der Waals surface area contributed by atoms with Crippen molar-refractivity contribution in [3.8, 4) is 22.6 Å². The van der Waals surface area contributed by atoms with Gasteiger partial charge in [-0.3, -0.25) is 4.57 Å². The Hall–Kier alpha value is -7.83. The average molecular weight is 850 g/mol. The van der Waals surface area contributed by atoms with Gasteiger partial charge in [-0.1, -0.05) is 188 Å². The van der Waals surface area contributed by atoms with Gasteiger partial charge in [-0.15, -0.1) is 11.3 Å². The average Bonchev–Trinajstić information content (AvgIpc) is 4.03. The lowest BCUT2D eigenvalue weighted by atomic mass is 10.0. The molecule has 0 saturated carbocycles. The van der Waals surface area contributed by atoms with Gasteiger partial charge in [-0.25, -0.2) is 4.98 Å². The number of hydrogen-bond acceptors (Lipinski definition) is 2. The molecule has 0 aliphatic heterocycles. The number of fused-ring (bicyclic) bond motifs is 9. The van der Waals surface area contributed by atoms with Crippen molar-refractivity contribution in [1.29, 1.82) is 0 Å². The summed E-state index contributed by atoms with van der Waals surface area (Å²) in [7, 11) is -2.92. The topological polar surface area (TPSA) is 22.8 Å². The highest BCUT2D eigenvalue weighted by Gasteiger charge is 2.43. The fourth-order valence-corrected chi connectivity index (χ4v) is 16.8. The van der Waals surface area contributed by atoms with Crippen LogP contribution in [0.1, 0.15) is 0 Å². The lowest BCUT2D eigenvalue weighted by Gasteiger charge is -2.36. The molecule has 0 aliphatic rings. The first-order valence-corrected chi connectivity index (χ1v) is 24.7. The van der Waals surface area contributed by atoms with Crippen LogP contribution >= 0.6 is 11.3 Å². The van der Waals surface area contributed by atoms with E-state index in [1.54, 1.807) is 0 Å². The molecule has 0 aliphatic carbocycles. The van der Waals surface area contributed by atoms with E-state index in [0.29, 0.717) is 0 Å². The minimum absolute atomic E-state index is 0.906. The molecule has 300 valence electrons. The van der Waals surface area contributed by atoms with E-state index in [0.717, 1.165) is 28.1 Å². The first-order chi connectivity index (χ1) is 31.8. The van der Waals surface area contributed by atoms with Crippen LogP contribution in [0.2, 0.25) is 0 Å². The Labute approximate surface area is 375 Å². The largest absolute Gasteiger partial charge is 0.309 e. The van der Waals surface area contributed by atoms with Gasteiger partial charge < -0.3 is 4.57 Å². The molecule has 4 aromatic heterocycles. The van der Waals surface area contributed by atoms with Crippen molar-refractivity contribution in [2.24, 2.45) is 0 Å². The van der Waals surface area contributed by atoms with E-state index in [2.05, 4.69) is 246 Å². The predicted octanol–water partition coefficient (Wildman–Crippen LogP) is 12.7. The van der Waals surface area contributed by atoms with Gasteiger partial charge in [0.05, 0.1) is 32.3 Å². The maximum absolute atomic E-state index is 5.69. The van der Waals surface area contributed by atoms with Crippen molar-refractivity contribution < 1.29 is 0 Å². The summed E-state index contributed by atoms with van der Waals surface area (Å²) in [5.74, 6) is 0.906. The van der Waals surface area contributed by atoms with E-state index in [4.69, 9.17) is 4.98 Å². The Bertz CT molecular complexity index is 3750. The summed E-state index contributed by atoms with van der Waals surface area (Å²) in [6.07, 6.45) is 0. The van der Waals surface area contributed by atoms with Crippen LogP contribution in [0.3, 0.4) is 0 Å². The molecular formula is C59H39N3SSi. The highest BCUT2D eigenvalue weighted by atomic mass is 32.1. The summed E-state index contributed by atoms with van der Waals surface area (Å²) in [5.41, 5.74) is 9.26. The number of nitrogens with zero attached hydrogens (tertiary/aromatic N) is 3. The summed E-state index contributed by atoms with van der Waals surface area (Å²) in [4.78, 5) is 5.69. The van der Waals surface area contributed by atoms with Gasteiger partial charge in [0.25, 0.3) is 0 Å². The third-order valence-corrected chi connectivity index (χ3v) is 19.3. The third-order valence-electron chi connectivity index (χ3n) is 13.3. The van der Waals surface area contributed by atoms with Crippen LogP contribution in [-0.4, -0.2) is 22.2 Å². The fraction of sp³-hybridized carbons (Fsp3) is 0. The molecule has 0 atom stereocenters. The second-order valence-corrected chi connectivity index (χ2v) is 21.4. The van der Waals surface area contributed by atoms with Crippen LogP contribution in [-0.2, 0) is 0 Å². The number of rotatable bonds is 7. The molecular weight excluding hydrogens is 811 g/mol. The van der Waals surface area contributed by atoms with Crippen LogP contribution in [0, 0.1) is 0 Å². The molecule has 4 heterocycles. The van der Waals surface area contributed by atoms with Gasteiger partial charge in [-0.05, 0) is 74.8 Å². The fourth-order valence-electron chi connectivity index (χ4n) is 10.6. The SMILES string of the molecule is c1ccc([Si](c2ccccc2)(c2ccccc2)c2ccccc2-c2cc(-n3c4ccccc4c4cc(-n5c6ccccc6c6ccccc65)ccc43)nc3c2sc2ccccc23)cc1. The standard InChI is InChI=1S/C59H39N3SSi/c1-4-20-41(21-5-1)64(42-22-6-2-7-23-42,43-24-8-3-9-25-43)56-35-19-14-29-47(56)50-39-57(60-58-48-30-13-18-34-55(48)63-59(50)58)62-53-33-17-12-28-46(53)49-38-40(36-37-54(49)62)61-51-31-15-10-26-44(51)45-27-11-16-32-52(45)61/h1-39H. The minimum Gasteiger partial charge on any atom is -0.309 e. The third kappa shape index (κ3) is 5.41. The molecule has 0 radical (unpaired) electrons. The number of pyridine rings is 1. The molecule has 0 bridgehead atoms. The van der Waals surface area contributed by atoms with Gasteiger partial charge in [-0.2, -0.15) is 0 Å². The Morgan fingerprint density at radius 1 is 0.359 bits per heavy atom. The first kappa shape index (κ1) is 36.8. The van der Waals surface area contributed by atoms with E-state index in [-0.39, 0.29) is 0 Å². The van der Waals surface area contributed by atoms with E-state index >= 15 is 0 Å². The second-order valence-electron chi connectivity index (χ2n) is 16.6. The van der Waals surface area contributed by atoms with Crippen molar-refractivity contribution in [1.82, 2.24) is 14.1 Å². The first-order valence-electron chi connectivity index (χ1n) is 21.9. The van der Waals surface area contributed by atoms with Crippen molar-refractivity contribution in [2.75, 3.05) is 0 Å². The minimum atomic E-state index is -2.92. The summed E-state index contributed by atoms with van der Waals surface area (Å²) in [6, 6.07) is 87.4. The predicted molar refractivity (Wildman–Crippen MR) is 275 cm³/mol. The molecule has 64 heavy (non-hydrogen) atoms. The van der Waals surface area contributed by atoms with Crippen LogP contribution in [0.5, 0.6) is 0 Å². The van der Waals surface area contributed by atoms with Crippen LogP contribution in [0.25, 0.3) is 86.5 Å². The monoisotopic (exact) mass is 849 g/mol. The Balaban J connectivity index is 1.11. The smallest absolute Gasteiger partial charge is 0.180 e. The Kier molecular flexibility index (Phi) is 8.41. The van der Waals surface area contributed by atoms with Gasteiger partial charge in [0, 0.05) is 42.9 Å². The normalized spacial score (nSPS) is 12.1. The van der Waals surface area contributed by atoms with E-state index < -0.39 is 8.07 Å². The number of hydrogen-bond donors (Lipinski definition) is 0. The van der Waals surface area contributed by atoms with Crippen LogP contribution in [0.15, 0.2) is 237 Å². The molecule has 0 N–H and O–H groups in total. The van der Waals surface area contributed by atoms with Crippen LogP contribution < -0.4 is 20.7 Å². The summed E-state index contributed by atoms with van der Waals surface area (Å²) in [6.45, 7) is 0. The van der Waals surface area contributed by atoms with Gasteiger partial charge in [0.1, 0.15) is 5.82 Å². The molecule has 0 spiro atoms. The Morgan fingerprint density at radius 2 is 0.828 bits per heavy atom. The zero-order valence-electron chi connectivity index (χ0n) is 34.8. The maximum atomic E-state index is 5.69. The Morgan fingerprint density at radius 3 is 1.44 bits per heavy atom. The summed E-state index contributed by atoms with van der Waals surface area (Å²) < 4.78 is 7.24. The molecule has 0 unspecified atom stereocenters. The lowest BCUT2D eigenvalue weighted by molar-refractivity contribution is 1.10. The molecule has 9 aromatic carbocycles. The highest BCUT2D eigenvalue weighted by molar-refractivity contribution is 7.26.